The highest BCUT2D eigenvalue weighted by atomic mass is 16.5. The van der Waals surface area contributed by atoms with Crippen molar-refractivity contribution in [2.45, 2.75) is 19.4 Å². The SMILES string of the molecule is COc1cccc(CN(C)C(=O)c2cccc(NC(=O)C3CC3)c2)c1. The summed E-state index contributed by atoms with van der Waals surface area (Å²) in [5.74, 6) is 0.845. The summed E-state index contributed by atoms with van der Waals surface area (Å²) in [6.07, 6.45) is 1.90. The summed E-state index contributed by atoms with van der Waals surface area (Å²) in [7, 11) is 3.38. The summed E-state index contributed by atoms with van der Waals surface area (Å²) >= 11 is 0. The van der Waals surface area contributed by atoms with Gasteiger partial charge in [-0.15, -0.1) is 0 Å². The first kappa shape index (κ1) is 17.0. The van der Waals surface area contributed by atoms with Gasteiger partial charge in [0, 0.05) is 30.8 Å². The molecule has 0 aromatic heterocycles. The fourth-order valence-corrected chi connectivity index (χ4v) is 2.66. The minimum absolute atomic E-state index is 0.0364. The van der Waals surface area contributed by atoms with E-state index >= 15 is 0 Å². The average Bonchev–Trinajstić information content (AvgIpc) is 3.46. The number of nitrogens with one attached hydrogen (secondary N) is 1. The van der Waals surface area contributed by atoms with E-state index < -0.39 is 0 Å². The maximum absolute atomic E-state index is 12.7. The molecule has 1 N–H and O–H groups in total. The number of hydrogen-bond donors (Lipinski definition) is 1. The van der Waals surface area contributed by atoms with Gasteiger partial charge in [-0.25, -0.2) is 0 Å². The largest absolute Gasteiger partial charge is 0.497 e. The van der Waals surface area contributed by atoms with Crippen molar-refractivity contribution in [2.24, 2.45) is 5.92 Å². The molecule has 0 radical (unpaired) electrons. The van der Waals surface area contributed by atoms with Gasteiger partial charge in [-0.05, 0) is 48.7 Å². The van der Waals surface area contributed by atoms with E-state index in [1.165, 1.54) is 0 Å². The van der Waals surface area contributed by atoms with Crippen LogP contribution in [0.15, 0.2) is 48.5 Å². The van der Waals surface area contributed by atoms with E-state index in [9.17, 15) is 9.59 Å². The normalized spacial score (nSPS) is 13.2. The lowest BCUT2D eigenvalue weighted by Gasteiger charge is -2.18. The summed E-state index contributed by atoms with van der Waals surface area (Å²) in [6.45, 7) is 0.481. The Labute approximate surface area is 147 Å². The van der Waals surface area contributed by atoms with E-state index in [1.54, 1.807) is 43.3 Å². The zero-order valence-electron chi connectivity index (χ0n) is 14.5. The van der Waals surface area contributed by atoms with Crippen LogP contribution in [0.2, 0.25) is 0 Å². The molecule has 0 spiro atoms. The average molecular weight is 338 g/mol. The quantitative estimate of drug-likeness (QED) is 0.879. The third-order valence-corrected chi connectivity index (χ3v) is 4.23. The number of carbonyl (C=O) groups is 2. The van der Waals surface area contributed by atoms with Crippen molar-refractivity contribution in [3.8, 4) is 5.75 Å². The lowest BCUT2D eigenvalue weighted by atomic mass is 10.1. The zero-order valence-corrected chi connectivity index (χ0v) is 14.5. The molecule has 0 heterocycles. The number of methoxy groups -OCH3 is 1. The number of nitrogens with zero attached hydrogens (tertiary/aromatic N) is 1. The second-order valence-electron chi connectivity index (χ2n) is 6.36. The van der Waals surface area contributed by atoms with Gasteiger partial charge in [0.05, 0.1) is 7.11 Å². The Bertz CT molecular complexity index is 784. The van der Waals surface area contributed by atoms with Crippen LogP contribution in [0.4, 0.5) is 5.69 Å². The van der Waals surface area contributed by atoms with E-state index in [0.29, 0.717) is 17.8 Å². The number of anilines is 1. The second-order valence-corrected chi connectivity index (χ2v) is 6.36. The van der Waals surface area contributed by atoms with Gasteiger partial charge in [0.15, 0.2) is 0 Å². The molecule has 0 bridgehead atoms. The third-order valence-electron chi connectivity index (χ3n) is 4.23. The summed E-state index contributed by atoms with van der Waals surface area (Å²) in [5, 5.41) is 2.88. The van der Waals surface area contributed by atoms with E-state index in [0.717, 1.165) is 24.2 Å². The van der Waals surface area contributed by atoms with Crippen LogP contribution < -0.4 is 10.1 Å². The van der Waals surface area contributed by atoms with Crippen LogP contribution in [0.25, 0.3) is 0 Å². The Hall–Kier alpha value is -2.82. The molecular formula is C20H22N2O3. The van der Waals surface area contributed by atoms with Crippen molar-refractivity contribution < 1.29 is 14.3 Å². The van der Waals surface area contributed by atoms with Crippen LogP contribution in [0.3, 0.4) is 0 Å². The van der Waals surface area contributed by atoms with Crippen LogP contribution in [-0.2, 0) is 11.3 Å². The summed E-state index contributed by atoms with van der Waals surface area (Å²) < 4.78 is 5.21. The van der Waals surface area contributed by atoms with Crippen LogP contribution in [-0.4, -0.2) is 30.9 Å². The number of rotatable bonds is 6. The van der Waals surface area contributed by atoms with Crippen LogP contribution in [0, 0.1) is 5.92 Å². The minimum atomic E-state index is -0.0923. The molecule has 0 atom stereocenters. The smallest absolute Gasteiger partial charge is 0.253 e. The van der Waals surface area contributed by atoms with Gasteiger partial charge in [-0.1, -0.05) is 18.2 Å². The van der Waals surface area contributed by atoms with Gasteiger partial charge in [-0.3, -0.25) is 9.59 Å². The maximum atomic E-state index is 12.7. The Kier molecular flexibility index (Phi) is 5.03. The lowest BCUT2D eigenvalue weighted by molar-refractivity contribution is -0.117. The highest BCUT2D eigenvalue weighted by Crippen LogP contribution is 2.30. The first-order valence-electron chi connectivity index (χ1n) is 8.36. The Morgan fingerprint density at radius 2 is 1.92 bits per heavy atom. The standard InChI is InChI=1S/C20H22N2O3/c1-22(13-14-5-3-8-18(11-14)25-2)20(24)16-6-4-7-17(12-16)21-19(23)15-9-10-15/h3-8,11-12,15H,9-10,13H2,1-2H3,(H,21,23). The molecule has 2 aromatic rings. The van der Waals surface area contributed by atoms with Crippen molar-refractivity contribution >= 4 is 17.5 Å². The number of amides is 2. The summed E-state index contributed by atoms with van der Waals surface area (Å²) in [6, 6.07) is 14.7. The number of carbonyl (C=O) groups excluding carboxylic acids is 2. The predicted molar refractivity (Wildman–Crippen MR) is 96.6 cm³/mol. The van der Waals surface area contributed by atoms with E-state index in [4.69, 9.17) is 4.74 Å². The van der Waals surface area contributed by atoms with E-state index in [1.807, 2.05) is 24.3 Å². The van der Waals surface area contributed by atoms with Crippen LogP contribution in [0.1, 0.15) is 28.8 Å². The second kappa shape index (κ2) is 7.38. The topological polar surface area (TPSA) is 58.6 Å². The Morgan fingerprint density at radius 3 is 2.64 bits per heavy atom. The van der Waals surface area contributed by atoms with Crippen molar-refractivity contribution in [3.63, 3.8) is 0 Å². The zero-order chi connectivity index (χ0) is 17.8. The number of hydrogen-bond acceptors (Lipinski definition) is 3. The molecule has 2 aromatic carbocycles. The van der Waals surface area contributed by atoms with Crippen molar-refractivity contribution in [3.05, 3.63) is 59.7 Å². The monoisotopic (exact) mass is 338 g/mol. The molecular weight excluding hydrogens is 316 g/mol. The number of benzene rings is 2. The molecule has 5 heteroatoms. The van der Waals surface area contributed by atoms with E-state index in [-0.39, 0.29) is 17.7 Å². The first-order valence-corrected chi connectivity index (χ1v) is 8.36. The molecule has 1 aliphatic carbocycles. The fraction of sp³-hybridized carbons (Fsp3) is 0.300. The van der Waals surface area contributed by atoms with Gasteiger partial charge < -0.3 is 15.0 Å². The molecule has 0 aliphatic heterocycles. The van der Waals surface area contributed by atoms with Crippen molar-refractivity contribution in [1.29, 1.82) is 0 Å². The summed E-state index contributed by atoms with van der Waals surface area (Å²) in [5.41, 5.74) is 2.21. The lowest BCUT2D eigenvalue weighted by Crippen LogP contribution is -2.26. The first-order chi connectivity index (χ1) is 12.1. The minimum Gasteiger partial charge on any atom is -0.497 e. The number of ether oxygens (including phenoxy) is 1. The Balaban J connectivity index is 1.67. The molecule has 130 valence electrons. The van der Waals surface area contributed by atoms with Crippen LogP contribution in [0.5, 0.6) is 5.75 Å². The van der Waals surface area contributed by atoms with Crippen LogP contribution >= 0.6 is 0 Å². The van der Waals surface area contributed by atoms with E-state index in [2.05, 4.69) is 5.32 Å². The maximum Gasteiger partial charge on any atom is 0.253 e. The van der Waals surface area contributed by atoms with Gasteiger partial charge in [0.25, 0.3) is 5.91 Å². The molecule has 25 heavy (non-hydrogen) atoms. The molecule has 1 saturated carbocycles. The third kappa shape index (κ3) is 4.38. The molecule has 2 amide bonds. The van der Waals surface area contributed by atoms with Gasteiger partial charge >= 0.3 is 0 Å². The molecule has 1 aliphatic rings. The molecule has 0 saturated heterocycles. The molecule has 1 fully saturated rings. The summed E-state index contributed by atoms with van der Waals surface area (Å²) in [4.78, 5) is 26.2. The molecule has 3 rings (SSSR count). The van der Waals surface area contributed by atoms with Gasteiger partial charge in [0.1, 0.15) is 5.75 Å². The molecule has 5 nitrogen and oxygen atoms in total. The van der Waals surface area contributed by atoms with Crippen molar-refractivity contribution in [2.75, 3.05) is 19.5 Å². The highest BCUT2D eigenvalue weighted by Gasteiger charge is 2.29. The fourth-order valence-electron chi connectivity index (χ4n) is 2.66. The van der Waals surface area contributed by atoms with Crippen molar-refractivity contribution in [1.82, 2.24) is 4.90 Å². The highest BCUT2D eigenvalue weighted by molar-refractivity contribution is 5.98. The molecule has 0 unspecified atom stereocenters. The predicted octanol–water partition coefficient (Wildman–Crippen LogP) is 3.32. The van der Waals surface area contributed by atoms with Gasteiger partial charge in [0.2, 0.25) is 5.91 Å². The van der Waals surface area contributed by atoms with Gasteiger partial charge in [-0.2, -0.15) is 0 Å². The Morgan fingerprint density at radius 1 is 1.16 bits per heavy atom.